The number of aliphatic imine (C=N–C) groups is 1. The van der Waals surface area contributed by atoms with Crippen LogP contribution in [-0.2, 0) is 0 Å². The predicted octanol–water partition coefficient (Wildman–Crippen LogP) is 5.15. The lowest BCUT2D eigenvalue weighted by Gasteiger charge is -2.05. The molecule has 0 unspecified atom stereocenters. The summed E-state index contributed by atoms with van der Waals surface area (Å²) in [7, 11) is 0. The monoisotopic (exact) mass is 241 g/mol. The van der Waals surface area contributed by atoms with Crippen LogP contribution in [0.5, 0.6) is 0 Å². The summed E-state index contributed by atoms with van der Waals surface area (Å²) in [6.07, 6.45) is 13.6. The molecule has 0 atom stereocenters. The van der Waals surface area contributed by atoms with Gasteiger partial charge in [0.05, 0.1) is 5.70 Å². The van der Waals surface area contributed by atoms with Crippen molar-refractivity contribution in [2.45, 2.75) is 41.0 Å². The van der Waals surface area contributed by atoms with Crippen molar-refractivity contribution in [2.75, 3.05) is 0 Å². The van der Waals surface area contributed by atoms with Crippen LogP contribution in [0.1, 0.15) is 41.0 Å². The minimum atomic E-state index is 0.939. The minimum absolute atomic E-state index is 0.939. The molecule has 0 spiro atoms. The summed E-state index contributed by atoms with van der Waals surface area (Å²) in [5.74, 6) is 0. The van der Waals surface area contributed by atoms with Crippen LogP contribution >= 0.6 is 0 Å². The Morgan fingerprint density at radius 2 is 1.89 bits per heavy atom. The Balaban J connectivity index is 3.16. The first kappa shape index (κ1) is 14.4. The summed E-state index contributed by atoms with van der Waals surface area (Å²) in [5.41, 5.74) is 6.25. The van der Waals surface area contributed by atoms with E-state index >= 15 is 0 Å². The zero-order valence-corrected chi connectivity index (χ0v) is 12.1. The van der Waals surface area contributed by atoms with E-state index in [9.17, 15) is 0 Å². The predicted molar refractivity (Wildman–Crippen MR) is 81.9 cm³/mol. The van der Waals surface area contributed by atoms with Crippen LogP contribution in [-0.4, -0.2) is 6.21 Å². The van der Waals surface area contributed by atoms with Gasteiger partial charge in [-0.1, -0.05) is 29.9 Å². The molecule has 0 heterocycles. The maximum Gasteiger partial charge on any atom is 0.0660 e. The van der Waals surface area contributed by atoms with E-state index in [0.29, 0.717) is 0 Å². The molecule has 1 aliphatic rings. The zero-order chi connectivity index (χ0) is 13.5. The molecule has 1 nitrogen and oxygen atoms in total. The van der Waals surface area contributed by atoms with Crippen molar-refractivity contribution in [3.05, 3.63) is 58.4 Å². The largest absolute Gasteiger partial charge is 0.261 e. The average Bonchev–Trinajstić information content (AvgIpc) is 2.47. The molecule has 0 fully saturated rings. The van der Waals surface area contributed by atoms with Crippen molar-refractivity contribution >= 4 is 6.21 Å². The van der Waals surface area contributed by atoms with Crippen LogP contribution < -0.4 is 0 Å². The van der Waals surface area contributed by atoms with E-state index in [0.717, 1.165) is 12.1 Å². The van der Waals surface area contributed by atoms with Crippen molar-refractivity contribution in [2.24, 2.45) is 4.99 Å². The van der Waals surface area contributed by atoms with E-state index in [1.165, 1.54) is 22.3 Å². The van der Waals surface area contributed by atoms with Crippen LogP contribution in [0.4, 0.5) is 0 Å². The highest BCUT2D eigenvalue weighted by Gasteiger charge is 2.05. The summed E-state index contributed by atoms with van der Waals surface area (Å²) in [4.78, 5) is 4.49. The van der Waals surface area contributed by atoms with Gasteiger partial charge in [-0.3, -0.25) is 4.99 Å². The molecule has 0 aromatic carbocycles. The first-order chi connectivity index (χ1) is 8.54. The molecule has 0 saturated heterocycles. The average molecular weight is 241 g/mol. The molecule has 0 amide bonds. The quantitative estimate of drug-likeness (QED) is 0.478. The van der Waals surface area contributed by atoms with Crippen LogP contribution in [0, 0.1) is 0 Å². The molecule has 1 rings (SSSR count). The van der Waals surface area contributed by atoms with Gasteiger partial charge in [0, 0.05) is 6.21 Å². The van der Waals surface area contributed by atoms with Crippen LogP contribution in [0.25, 0.3) is 0 Å². The van der Waals surface area contributed by atoms with E-state index < -0.39 is 0 Å². The Labute approximate surface area is 111 Å². The van der Waals surface area contributed by atoms with Crippen molar-refractivity contribution in [3.63, 3.8) is 0 Å². The topological polar surface area (TPSA) is 12.4 Å². The molecule has 1 aliphatic carbocycles. The van der Waals surface area contributed by atoms with E-state index in [-0.39, 0.29) is 0 Å². The smallest absolute Gasteiger partial charge is 0.0660 e. The zero-order valence-electron chi connectivity index (χ0n) is 12.1. The van der Waals surface area contributed by atoms with Gasteiger partial charge in [-0.15, -0.1) is 0 Å². The van der Waals surface area contributed by atoms with Crippen LogP contribution in [0.15, 0.2) is 63.4 Å². The highest BCUT2D eigenvalue weighted by molar-refractivity contribution is 5.58. The molecule has 0 aromatic heterocycles. The van der Waals surface area contributed by atoms with Gasteiger partial charge in [-0.05, 0) is 63.8 Å². The fraction of sp³-hybridized carbons (Fsp3) is 0.353. The number of hydrogen-bond donors (Lipinski definition) is 0. The Hall–Kier alpha value is -1.63. The highest BCUT2D eigenvalue weighted by atomic mass is 14.7. The molecule has 0 bridgehead atoms. The number of allylic oxidation sites excluding steroid dienone is 9. The van der Waals surface area contributed by atoms with E-state index in [4.69, 9.17) is 0 Å². The first-order valence-electron chi connectivity index (χ1n) is 6.43. The Bertz CT molecular complexity index is 476. The lowest BCUT2D eigenvalue weighted by molar-refractivity contribution is 1.18. The van der Waals surface area contributed by atoms with E-state index in [1.54, 1.807) is 0 Å². The van der Waals surface area contributed by atoms with Crippen LogP contribution in [0.2, 0.25) is 0 Å². The molecule has 0 aliphatic heterocycles. The standard InChI is InChI=1S/C17H23N/c1-6-18-17(11-10-13(2)3)16-9-7-8-14(4)15(5)12-16/h6-8,10-12H,9H2,1-5H3/b17-11-,18-6+. The van der Waals surface area contributed by atoms with Gasteiger partial charge in [0.1, 0.15) is 0 Å². The third-order valence-corrected chi connectivity index (χ3v) is 2.89. The molecule has 96 valence electrons. The third kappa shape index (κ3) is 4.33. The fourth-order valence-electron chi connectivity index (χ4n) is 1.72. The molecule has 0 radical (unpaired) electrons. The Morgan fingerprint density at radius 3 is 2.50 bits per heavy atom. The summed E-state index contributed by atoms with van der Waals surface area (Å²) in [6.45, 7) is 10.4. The van der Waals surface area contributed by atoms with Gasteiger partial charge in [0.25, 0.3) is 0 Å². The second-order valence-corrected chi connectivity index (χ2v) is 4.83. The summed E-state index contributed by atoms with van der Waals surface area (Å²) in [5, 5.41) is 0. The lowest BCUT2D eigenvalue weighted by atomic mass is 10.1. The SMILES string of the molecule is C/C=N/C(=C\C=C(C)C)C1=CC(C)=C(C)C=CC1. The van der Waals surface area contributed by atoms with Crippen LogP contribution in [0.3, 0.4) is 0 Å². The van der Waals surface area contributed by atoms with Crippen molar-refractivity contribution in [1.82, 2.24) is 0 Å². The normalized spacial score (nSPS) is 16.9. The summed E-state index contributed by atoms with van der Waals surface area (Å²) < 4.78 is 0. The summed E-state index contributed by atoms with van der Waals surface area (Å²) in [6, 6.07) is 0. The van der Waals surface area contributed by atoms with E-state index in [2.05, 4.69) is 63.1 Å². The van der Waals surface area contributed by atoms with Gasteiger partial charge in [-0.25, -0.2) is 0 Å². The first-order valence-corrected chi connectivity index (χ1v) is 6.43. The molecule has 0 aromatic rings. The minimum Gasteiger partial charge on any atom is -0.261 e. The molecule has 1 heteroatoms. The van der Waals surface area contributed by atoms with Gasteiger partial charge in [0.2, 0.25) is 0 Å². The second kappa shape index (κ2) is 6.95. The molecular formula is C17H23N. The summed E-state index contributed by atoms with van der Waals surface area (Å²) >= 11 is 0. The second-order valence-electron chi connectivity index (χ2n) is 4.83. The highest BCUT2D eigenvalue weighted by Crippen LogP contribution is 2.23. The Kier molecular flexibility index (Phi) is 5.57. The number of rotatable bonds is 3. The van der Waals surface area contributed by atoms with Gasteiger partial charge < -0.3 is 0 Å². The Morgan fingerprint density at radius 1 is 1.17 bits per heavy atom. The van der Waals surface area contributed by atoms with E-state index in [1.807, 2.05) is 13.1 Å². The molecule has 0 saturated carbocycles. The van der Waals surface area contributed by atoms with Gasteiger partial charge in [-0.2, -0.15) is 0 Å². The van der Waals surface area contributed by atoms with Crippen molar-refractivity contribution in [3.8, 4) is 0 Å². The molecule has 18 heavy (non-hydrogen) atoms. The maximum absolute atomic E-state index is 4.49. The third-order valence-electron chi connectivity index (χ3n) is 2.89. The van der Waals surface area contributed by atoms with Crippen molar-refractivity contribution in [1.29, 1.82) is 0 Å². The fourth-order valence-corrected chi connectivity index (χ4v) is 1.72. The lowest BCUT2D eigenvalue weighted by Crippen LogP contribution is -1.87. The molecule has 0 N–H and O–H groups in total. The maximum atomic E-state index is 4.49. The van der Waals surface area contributed by atoms with Gasteiger partial charge >= 0.3 is 0 Å². The molecular weight excluding hydrogens is 218 g/mol. The van der Waals surface area contributed by atoms with Gasteiger partial charge in [0.15, 0.2) is 0 Å². The number of hydrogen-bond acceptors (Lipinski definition) is 1. The van der Waals surface area contributed by atoms with Crippen molar-refractivity contribution < 1.29 is 0 Å². The number of nitrogens with zero attached hydrogens (tertiary/aromatic N) is 1.